The summed E-state index contributed by atoms with van der Waals surface area (Å²) in [5.74, 6) is 0.517. The van der Waals surface area contributed by atoms with Crippen molar-refractivity contribution in [3.63, 3.8) is 0 Å². The third-order valence-electron chi connectivity index (χ3n) is 1.77. The van der Waals surface area contributed by atoms with E-state index < -0.39 is 6.10 Å². The monoisotopic (exact) mass is 219 g/mol. The molecule has 1 atom stereocenters. The van der Waals surface area contributed by atoms with Crippen LogP contribution in [0, 0.1) is 5.92 Å². The van der Waals surface area contributed by atoms with Gasteiger partial charge in [0.05, 0.1) is 19.3 Å². The first-order chi connectivity index (χ1) is 7.16. The number of hydrogen-bond donors (Lipinski definition) is 2. The zero-order valence-corrected chi connectivity index (χ0v) is 10.2. The fourth-order valence-electron chi connectivity index (χ4n) is 1.06. The summed E-state index contributed by atoms with van der Waals surface area (Å²) < 4.78 is 10.5. The highest BCUT2D eigenvalue weighted by Crippen LogP contribution is 1.93. The minimum absolute atomic E-state index is 0.403. The minimum atomic E-state index is -0.426. The standard InChI is InChI=1S/C11H25NO3/c1-4-14-6-5-12-7-11(13)9-15-8-10(2)3/h10-13H,4-9H2,1-3H3. The Kier molecular flexibility index (Phi) is 10.3. The van der Waals surface area contributed by atoms with E-state index in [1.165, 1.54) is 0 Å². The second-order valence-electron chi connectivity index (χ2n) is 3.99. The predicted molar refractivity (Wildman–Crippen MR) is 61.0 cm³/mol. The molecule has 0 spiro atoms. The van der Waals surface area contributed by atoms with E-state index in [4.69, 9.17) is 9.47 Å². The molecule has 0 aliphatic carbocycles. The molecular weight excluding hydrogens is 194 g/mol. The molecular formula is C11H25NO3. The number of hydrogen-bond acceptors (Lipinski definition) is 4. The summed E-state index contributed by atoms with van der Waals surface area (Å²) in [5.41, 5.74) is 0. The lowest BCUT2D eigenvalue weighted by Crippen LogP contribution is -2.32. The normalized spacial score (nSPS) is 13.4. The Morgan fingerprint density at radius 2 is 1.93 bits per heavy atom. The van der Waals surface area contributed by atoms with Gasteiger partial charge in [0, 0.05) is 26.3 Å². The van der Waals surface area contributed by atoms with Gasteiger partial charge in [0.1, 0.15) is 0 Å². The fraction of sp³-hybridized carbons (Fsp3) is 1.00. The SMILES string of the molecule is CCOCCNCC(O)COCC(C)C. The molecule has 92 valence electrons. The van der Waals surface area contributed by atoms with Crippen molar-refractivity contribution < 1.29 is 14.6 Å². The van der Waals surface area contributed by atoms with Crippen LogP contribution in [-0.2, 0) is 9.47 Å². The van der Waals surface area contributed by atoms with Gasteiger partial charge in [-0.05, 0) is 12.8 Å². The third kappa shape index (κ3) is 11.8. The van der Waals surface area contributed by atoms with Crippen molar-refractivity contribution in [3.8, 4) is 0 Å². The van der Waals surface area contributed by atoms with Crippen LogP contribution >= 0.6 is 0 Å². The van der Waals surface area contributed by atoms with E-state index >= 15 is 0 Å². The van der Waals surface area contributed by atoms with Gasteiger partial charge in [-0.25, -0.2) is 0 Å². The highest BCUT2D eigenvalue weighted by molar-refractivity contribution is 4.58. The van der Waals surface area contributed by atoms with E-state index in [2.05, 4.69) is 19.2 Å². The molecule has 0 aromatic carbocycles. The average Bonchev–Trinajstić information content (AvgIpc) is 2.17. The number of aliphatic hydroxyl groups excluding tert-OH is 1. The van der Waals surface area contributed by atoms with E-state index in [-0.39, 0.29) is 0 Å². The van der Waals surface area contributed by atoms with Crippen LogP contribution in [-0.4, -0.2) is 50.7 Å². The van der Waals surface area contributed by atoms with Crippen molar-refractivity contribution in [1.29, 1.82) is 0 Å². The zero-order chi connectivity index (χ0) is 11.5. The van der Waals surface area contributed by atoms with Gasteiger partial charge >= 0.3 is 0 Å². The summed E-state index contributed by atoms with van der Waals surface area (Å²) in [6.07, 6.45) is -0.426. The van der Waals surface area contributed by atoms with Crippen LogP contribution in [0.2, 0.25) is 0 Å². The Bertz CT molecular complexity index is 131. The van der Waals surface area contributed by atoms with Crippen LogP contribution in [0.1, 0.15) is 20.8 Å². The lowest BCUT2D eigenvalue weighted by atomic mass is 10.2. The van der Waals surface area contributed by atoms with Gasteiger partial charge in [-0.1, -0.05) is 13.8 Å². The van der Waals surface area contributed by atoms with E-state index in [1.54, 1.807) is 0 Å². The molecule has 2 N–H and O–H groups in total. The molecule has 0 saturated heterocycles. The summed E-state index contributed by atoms with van der Waals surface area (Å²) in [6, 6.07) is 0. The topological polar surface area (TPSA) is 50.7 Å². The predicted octanol–water partition coefficient (Wildman–Crippen LogP) is 0.646. The molecule has 4 heteroatoms. The molecule has 0 rings (SSSR count). The van der Waals surface area contributed by atoms with Crippen LogP contribution in [0.25, 0.3) is 0 Å². The maximum absolute atomic E-state index is 9.49. The highest BCUT2D eigenvalue weighted by atomic mass is 16.5. The molecule has 1 unspecified atom stereocenters. The van der Waals surface area contributed by atoms with Gasteiger partial charge in [-0.15, -0.1) is 0 Å². The lowest BCUT2D eigenvalue weighted by Gasteiger charge is -2.13. The Hall–Kier alpha value is -0.160. The molecule has 0 fully saturated rings. The van der Waals surface area contributed by atoms with Crippen molar-refractivity contribution in [1.82, 2.24) is 5.32 Å². The van der Waals surface area contributed by atoms with E-state index in [9.17, 15) is 5.11 Å². The average molecular weight is 219 g/mol. The van der Waals surface area contributed by atoms with E-state index in [0.29, 0.717) is 32.3 Å². The molecule has 0 saturated carbocycles. The molecule has 15 heavy (non-hydrogen) atoms. The molecule has 0 aliphatic heterocycles. The molecule has 0 aromatic rings. The van der Waals surface area contributed by atoms with Gasteiger partial charge in [0.2, 0.25) is 0 Å². The smallest absolute Gasteiger partial charge is 0.0897 e. The quantitative estimate of drug-likeness (QED) is 0.530. The minimum Gasteiger partial charge on any atom is -0.389 e. The first-order valence-electron chi connectivity index (χ1n) is 5.71. The van der Waals surface area contributed by atoms with E-state index in [0.717, 1.165) is 13.2 Å². The van der Waals surface area contributed by atoms with E-state index in [1.807, 2.05) is 6.92 Å². The molecule has 0 heterocycles. The molecule has 0 aromatic heterocycles. The van der Waals surface area contributed by atoms with Crippen molar-refractivity contribution in [2.24, 2.45) is 5.92 Å². The van der Waals surface area contributed by atoms with Crippen molar-refractivity contribution in [3.05, 3.63) is 0 Å². The Morgan fingerprint density at radius 3 is 2.53 bits per heavy atom. The molecule has 0 aliphatic rings. The van der Waals surface area contributed by atoms with Crippen LogP contribution in [0.15, 0.2) is 0 Å². The summed E-state index contributed by atoms with van der Waals surface area (Å²) in [5, 5.41) is 12.6. The molecule has 4 nitrogen and oxygen atoms in total. The molecule has 0 bridgehead atoms. The Morgan fingerprint density at radius 1 is 1.20 bits per heavy atom. The summed E-state index contributed by atoms with van der Waals surface area (Å²) >= 11 is 0. The van der Waals surface area contributed by atoms with Gasteiger partial charge < -0.3 is 19.9 Å². The summed E-state index contributed by atoms with van der Waals surface area (Å²) in [6.45, 7) is 10.0. The van der Waals surface area contributed by atoms with Crippen LogP contribution in [0.4, 0.5) is 0 Å². The number of nitrogens with one attached hydrogen (secondary N) is 1. The molecule has 0 amide bonds. The Balaban J connectivity index is 3.15. The van der Waals surface area contributed by atoms with Crippen LogP contribution in [0.5, 0.6) is 0 Å². The lowest BCUT2D eigenvalue weighted by molar-refractivity contribution is 0.0253. The second-order valence-corrected chi connectivity index (χ2v) is 3.99. The maximum Gasteiger partial charge on any atom is 0.0897 e. The van der Waals surface area contributed by atoms with Gasteiger partial charge in [-0.2, -0.15) is 0 Å². The van der Waals surface area contributed by atoms with Gasteiger partial charge in [-0.3, -0.25) is 0 Å². The van der Waals surface area contributed by atoms with Gasteiger partial charge in [0.15, 0.2) is 0 Å². The van der Waals surface area contributed by atoms with Crippen LogP contribution < -0.4 is 5.32 Å². The van der Waals surface area contributed by atoms with Crippen molar-refractivity contribution >= 4 is 0 Å². The number of rotatable bonds is 10. The number of aliphatic hydroxyl groups is 1. The summed E-state index contributed by atoms with van der Waals surface area (Å²) in [7, 11) is 0. The van der Waals surface area contributed by atoms with Crippen LogP contribution in [0.3, 0.4) is 0 Å². The first kappa shape index (κ1) is 14.8. The maximum atomic E-state index is 9.49. The highest BCUT2D eigenvalue weighted by Gasteiger charge is 2.03. The first-order valence-corrected chi connectivity index (χ1v) is 5.71. The largest absolute Gasteiger partial charge is 0.389 e. The van der Waals surface area contributed by atoms with Crippen molar-refractivity contribution in [2.45, 2.75) is 26.9 Å². The fourth-order valence-corrected chi connectivity index (χ4v) is 1.06. The second kappa shape index (κ2) is 10.4. The Labute approximate surface area is 93.0 Å². The number of ether oxygens (including phenoxy) is 2. The summed E-state index contributed by atoms with van der Waals surface area (Å²) in [4.78, 5) is 0. The zero-order valence-electron chi connectivity index (χ0n) is 10.2. The van der Waals surface area contributed by atoms with Crippen molar-refractivity contribution in [2.75, 3.05) is 39.5 Å². The third-order valence-corrected chi connectivity index (χ3v) is 1.77. The van der Waals surface area contributed by atoms with Gasteiger partial charge in [0.25, 0.3) is 0 Å². The molecule has 0 radical (unpaired) electrons.